The lowest BCUT2D eigenvalue weighted by molar-refractivity contribution is -0.130. The van der Waals surface area contributed by atoms with Crippen LogP contribution in [0.3, 0.4) is 0 Å². The van der Waals surface area contributed by atoms with E-state index in [9.17, 15) is 4.79 Å². The van der Waals surface area contributed by atoms with Crippen molar-refractivity contribution in [1.82, 2.24) is 14.5 Å². The van der Waals surface area contributed by atoms with E-state index < -0.39 is 0 Å². The minimum atomic E-state index is 0.0916. The fraction of sp³-hybridized carbons (Fsp3) is 0.636. The average Bonchev–Trinajstić information content (AvgIpc) is 2.57. The number of hydrogen-bond donors (Lipinski definition) is 1. The second-order valence-electron chi connectivity index (χ2n) is 4.00. The molecule has 2 N–H and O–H groups in total. The van der Waals surface area contributed by atoms with Crippen molar-refractivity contribution in [3.8, 4) is 0 Å². The third-order valence-corrected chi connectivity index (χ3v) is 2.77. The molecule has 1 aromatic rings. The molecule has 0 saturated heterocycles. The summed E-state index contributed by atoms with van der Waals surface area (Å²) in [5.74, 6) is 0.0916. The summed E-state index contributed by atoms with van der Waals surface area (Å²) in [6.45, 7) is 5.58. The van der Waals surface area contributed by atoms with Crippen molar-refractivity contribution in [2.24, 2.45) is 5.73 Å². The topological polar surface area (TPSA) is 64.2 Å². The maximum absolute atomic E-state index is 11.8. The van der Waals surface area contributed by atoms with E-state index in [1.807, 2.05) is 18.4 Å². The zero-order valence-corrected chi connectivity index (χ0v) is 10.2. The molecular weight excluding hydrogens is 204 g/mol. The first-order valence-corrected chi connectivity index (χ1v) is 5.48. The van der Waals surface area contributed by atoms with E-state index in [4.69, 9.17) is 5.73 Å². The number of aromatic nitrogens is 2. The van der Waals surface area contributed by atoms with Gasteiger partial charge in [-0.2, -0.15) is 0 Å². The van der Waals surface area contributed by atoms with Crippen LogP contribution >= 0.6 is 0 Å². The van der Waals surface area contributed by atoms with Crippen molar-refractivity contribution < 1.29 is 4.79 Å². The van der Waals surface area contributed by atoms with E-state index in [1.54, 1.807) is 18.3 Å². The summed E-state index contributed by atoms with van der Waals surface area (Å²) in [6, 6.07) is 0. The summed E-state index contributed by atoms with van der Waals surface area (Å²) in [5, 5.41) is 0. The fourth-order valence-corrected chi connectivity index (χ4v) is 1.42. The molecule has 90 valence electrons. The zero-order valence-electron chi connectivity index (χ0n) is 10.2. The standard InChI is InChI=1S/C11H20N4O/c1-9-10(2)15(8-13-9)7-11(16)14(3)6-4-5-12/h8H,4-7,12H2,1-3H3. The van der Waals surface area contributed by atoms with Gasteiger partial charge < -0.3 is 15.2 Å². The molecule has 1 aromatic heterocycles. The molecule has 5 heteroatoms. The molecule has 1 amide bonds. The Morgan fingerprint density at radius 2 is 2.25 bits per heavy atom. The minimum Gasteiger partial charge on any atom is -0.344 e. The van der Waals surface area contributed by atoms with Crippen molar-refractivity contribution >= 4 is 5.91 Å². The number of likely N-dealkylation sites (N-methyl/N-ethyl adjacent to an activating group) is 1. The van der Waals surface area contributed by atoms with E-state index in [0.29, 0.717) is 19.6 Å². The Balaban J connectivity index is 2.54. The first kappa shape index (κ1) is 12.7. The molecule has 16 heavy (non-hydrogen) atoms. The van der Waals surface area contributed by atoms with Crippen LogP contribution in [0.25, 0.3) is 0 Å². The number of imidazole rings is 1. The lowest BCUT2D eigenvalue weighted by Gasteiger charge is -2.17. The van der Waals surface area contributed by atoms with E-state index in [0.717, 1.165) is 17.8 Å². The monoisotopic (exact) mass is 224 g/mol. The van der Waals surface area contributed by atoms with Crippen LogP contribution in [-0.2, 0) is 11.3 Å². The molecule has 0 unspecified atom stereocenters. The Bertz CT molecular complexity index is 359. The van der Waals surface area contributed by atoms with Crippen LogP contribution in [0.1, 0.15) is 17.8 Å². The molecule has 0 aromatic carbocycles. The molecule has 0 radical (unpaired) electrons. The van der Waals surface area contributed by atoms with Crippen molar-refractivity contribution in [3.05, 3.63) is 17.7 Å². The number of nitrogens with zero attached hydrogens (tertiary/aromatic N) is 3. The number of amides is 1. The second kappa shape index (κ2) is 5.65. The highest BCUT2D eigenvalue weighted by atomic mass is 16.2. The highest BCUT2D eigenvalue weighted by molar-refractivity contribution is 5.75. The Hall–Kier alpha value is -1.36. The smallest absolute Gasteiger partial charge is 0.242 e. The molecule has 0 fully saturated rings. The van der Waals surface area contributed by atoms with Crippen molar-refractivity contribution in [2.75, 3.05) is 20.1 Å². The molecule has 0 saturated carbocycles. The van der Waals surface area contributed by atoms with Gasteiger partial charge in [-0.1, -0.05) is 0 Å². The van der Waals surface area contributed by atoms with Crippen LogP contribution in [0.4, 0.5) is 0 Å². The Kier molecular flexibility index (Phi) is 4.49. The van der Waals surface area contributed by atoms with Crippen molar-refractivity contribution in [1.29, 1.82) is 0 Å². The van der Waals surface area contributed by atoms with Gasteiger partial charge in [-0.3, -0.25) is 4.79 Å². The van der Waals surface area contributed by atoms with E-state index in [1.165, 1.54) is 0 Å². The van der Waals surface area contributed by atoms with Crippen LogP contribution in [0.5, 0.6) is 0 Å². The number of nitrogens with two attached hydrogens (primary N) is 1. The van der Waals surface area contributed by atoms with Crippen molar-refractivity contribution in [2.45, 2.75) is 26.8 Å². The zero-order chi connectivity index (χ0) is 12.1. The normalized spacial score (nSPS) is 10.5. The third kappa shape index (κ3) is 3.06. The number of carbonyl (C=O) groups is 1. The molecular formula is C11H20N4O. The van der Waals surface area contributed by atoms with Gasteiger partial charge in [-0.05, 0) is 26.8 Å². The van der Waals surface area contributed by atoms with Crippen LogP contribution in [-0.4, -0.2) is 40.5 Å². The van der Waals surface area contributed by atoms with Gasteiger partial charge in [0.2, 0.25) is 5.91 Å². The third-order valence-electron chi connectivity index (χ3n) is 2.77. The average molecular weight is 224 g/mol. The van der Waals surface area contributed by atoms with Crippen LogP contribution in [0.2, 0.25) is 0 Å². The van der Waals surface area contributed by atoms with Gasteiger partial charge in [0.05, 0.1) is 12.0 Å². The fourth-order valence-electron chi connectivity index (χ4n) is 1.42. The van der Waals surface area contributed by atoms with Gasteiger partial charge in [0, 0.05) is 19.3 Å². The SMILES string of the molecule is Cc1ncn(CC(=O)N(C)CCCN)c1C. The molecule has 0 aliphatic heterocycles. The van der Waals surface area contributed by atoms with E-state index >= 15 is 0 Å². The number of carbonyl (C=O) groups excluding carboxylic acids is 1. The first-order valence-electron chi connectivity index (χ1n) is 5.48. The van der Waals surface area contributed by atoms with Crippen LogP contribution < -0.4 is 5.73 Å². The van der Waals surface area contributed by atoms with E-state index in [-0.39, 0.29) is 5.91 Å². The number of aryl methyl sites for hydroxylation is 1. The second-order valence-corrected chi connectivity index (χ2v) is 4.00. The lowest BCUT2D eigenvalue weighted by Crippen LogP contribution is -2.32. The highest BCUT2D eigenvalue weighted by Gasteiger charge is 2.11. The van der Waals surface area contributed by atoms with Gasteiger partial charge in [0.25, 0.3) is 0 Å². The quantitative estimate of drug-likeness (QED) is 0.782. The summed E-state index contributed by atoms with van der Waals surface area (Å²) in [4.78, 5) is 17.7. The van der Waals surface area contributed by atoms with E-state index in [2.05, 4.69) is 4.98 Å². The molecule has 0 aliphatic rings. The molecule has 0 aliphatic carbocycles. The first-order chi connectivity index (χ1) is 7.56. The summed E-state index contributed by atoms with van der Waals surface area (Å²) in [7, 11) is 1.80. The molecule has 0 bridgehead atoms. The van der Waals surface area contributed by atoms with Crippen LogP contribution in [0, 0.1) is 13.8 Å². The van der Waals surface area contributed by atoms with Gasteiger partial charge in [0.1, 0.15) is 6.54 Å². The Labute approximate surface area is 96.3 Å². The summed E-state index contributed by atoms with van der Waals surface area (Å²) in [6.07, 6.45) is 2.55. The summed E-state index contributed by atoms with van der Waals surface area (Å²) >= 11 is 0. The summed E-state index contributed by atoms with van der Waals surface area (Å²) < 4.78 is 1.87. The minimum absolute atomic E-state index is 0.0916. The van der Waals surface area contributed by atoms with Gasteiger partial charge in [0.15, 0.2) is 0 Å². The molecule has 0 spiro atoms. The van der Waals surface area contributed by atoms with Gasteiger partial charge >= 0.3 is 0 Å². The molecule has 1 rings (SSSR count). The lowest BCUT2D eigenvalue weighted by atomic mass is 10.3. The predicted molar refractivity (Wildman–Crippen MR) is 63.0 cm³/mol. The number of rotatable bonds is 5. The predicted octanol–water partition coefficient (Wildman–Crippen LogP) is 0.307. The molecule has 0 atom stereocenters. The van der Waals surface area contributed by atoms with Gasteiger partial charge in [-0.25, -0.2) is 4.98 Å². The van der Waals surface area contributed by atoms with Crippen LogP contribution in [0.15, 0.2) is 6.33 Å². The Morgan fingerprint density at radius 3 is 2.75 bits per heavy atom. The van der Waals surface area contributed by atoms with Gasteiger partial charge in [-0.15, -0.1) is 0 Å². The largest absolute Gasteiger partial charge is 0.344 e. The Morgan fingerprint density at radius 1 is 1.56 bits per heavy atom. The van der Waals surface area contributed by atoms with Crippen molar-refractivity contribution in [3.63, 3.8) is 0 Å². The molecule has 5 nitrogen and oxygen atoms in total. The summed E-state index contributed by atoms with van der Waals surface area (Å²) in [5.41, 5.74) is 7.42. The maximum Gasteiger partial charge on any atom is 0.242 e. The number of hydrogen-bond acceptors (Lipinski definition) is 3. The highest BCUT2D eigenvalue weighted by Crippen LogP contribution is 2.04. The maximum atomic E-state index is 11.8. The molecule has 1 heterocycles.